The Balaban J connectivity index is 1.75. The van der Waals surface area contributed by atoms with Gasteiger partial charge in [-0.3, -0.25) is 4.90 Å². The second-order valence-corrected chi connectivity index (χ2v) is 5.64. The number of nitrogens with one attached hydrogen (secondary N) is 1. The van der Waals surface area contributed by atoms with Crippen molar-refractivity contribution >= 4 is 0 Å². The number of hydrogen-bond donors (Lipinski definition) is 1. The molecule has 0 bridgehead atoms. The van der Waals surface area contributed by atoms with Crippen LogP contribution in [0.15, 0.2) is 30.4 Å². The molecule has 1 aromatic carbocycles. The molecule has 0 aromatic heterocycles. The molecule has 0 unspecified atom stereocenters. The zero-order valence-electron chi connectivity index (χ0n) is 12.0. The highest BCUT2D eigenvalue weighted by Crippen LogP contribution is 2.13. The van der Waals surface area contributed by atoms with Gasteiger partial charge >= 0.3 is 0 Å². The van der Waals surface area contributed by atoms with Crippen LogP contribution in [0.1, 0.15) is 25.3 Å². The second-order valence-electron chi connectivity index (χ2n) is 5.64. The van der Waals surface area contributed by atoms with E-state index in [1.165, 1.54) is 17.7 Å². The number of hydrogen-bond acceptors (Lipinski definition) is 2. The van der Waals surface area contributed by atoms with Crippen molar-refractivity contribution in [1.29, 1.82) is 0 Å². The van der Waals surface area contributed by atoms with Gasteiger partial charge in [0.25, 0.3) is 0 Å². The van der Waals surface area contributed by atoms with E-state index in [4.69, 9.17) is 0 Å². The van der Waals surface area contributed by atoms with Crippen molar-refractivity contribution in [3.63, 3.8) is 0 Å². The topological polar surface area (TPSA) is 15.3 Å². The first-order chi connectivity index (χ1) is 9.54. The molecule has 1 N–H and O–H groups in total. The van der Waals surface area contributed by atoms with E-state index in [1.807, 2.05) is 6.92 Å². The van der Waals surface area contributed by atoms with Crippen LogP contribution in [0.5, 0.6) is 0 Å². The minimum Gasteiger partial charge on any atom is -0.310 e. The van der Waals surface area contributed by atoms with Crippen molar-refractivity contribution < 1.29 is 8.78 Å². The van der Waals surface area contributed by atoms with Crippen molar-refractivity contribution in [3.8, 4) is 0 Å². The molecule has 1 aliphatic heterocycles. The van der Waals surface area contributed by atoms with Crippen LogP contribution in [0.2, 0.25) is 0 Å². The smallest absolute Gasteiger partial charge is 0.159 e. The number of benzene rings is 1. The first-order valence-electron chi connectivity index (χ1n) is 7.08. The van der Waals surface area contributed by atoms with Gasteiger partial charge in [-0.15, -0.1) is 0 Å². The molecule has 0 amide bonds. The van der Waals surface area contributed by atoms with Crippen LogP contribution in [-0.2, 0) is 6.54 Å². The number of likely N-dealkylation sites (tertiary alicyclic amines) is 1. The summed E-state index contributed by atoms with van der Waals surface area (Å²) in [6.07, 6.45) is 2.16. The van der Waals surface area contributed by atoms with Crippen LogP contribution >= 0.6 is 0 Å². The monoisotopic (exact) mass is 280 g/mol. The third-order valence-corrected chi connectivity index (χ3v) is 3.66. The molecule has 1 saturated heterocycles. The molecule has 0 radical (unpaired) electrons. The summed E-state index contributed by atoms with van der Waals surface area (Å²) in [4.78, 5) is 2.40. The predicted octanol–water partition coefficient (Wildman–Crippen LogP) is 3.09. The zero-order chi connectivity index (χ0) is 14.5. The van der Waals surface area contributed by atoms with Gasteiger partial charge in [-0.1, -0.05) is 18.2 Å². The van der Waals surface area contributed by atoms with Crippen LogP contribution < -0.4 is 5.32 Å². The molecular formula is C16H22F2N2. The minimum atomic E-state index is -0.790. The molecule has 4 heteroatoms. The molecule has 0 spiro atoms. The highest BCUT2D eigenvalue weighted by atomic mass is 19.2. The predicted molar refractivity (Wildman–Crippen MR) is 77.5 cm³/mol. The van der Waals surface area contributed by atoms with E-state index in [1.54, 1.807) is 6.07 Å². The molecule has 1 fully saturated rings. The maximum atomic E-state index is 13.1. The maximum absolute atomic E-state index is 13.1. The number of halogens is 2. The summed E-state index contributed by atoms with van der Waals surface area (Å²) >= 11 is 0. The van der Waals surface area contributed by atoms with Crippen LogP contribution in [0.3, 0.4) is 0 Å². The highest BCUT2D eigenvalue weighted by molar-refractivity contribution is 5.17. The van der Waals surface area contributed by atoms with Gasteiger partial charge in [0.2, 0.25) is 0 Å². The van der Waals surface area contributed by atoms with Crippen molar-refractivity contribution in [3.05, 3.63) is 47.5 Å². The number of piperidine rings is 1. The van der Waals surface area contributed by atoms with Crippen molar-refractivity contribution in [2.75, 3.05) is 19.6 Å². The molecular weight excluding hydrogens is 258 g/mol. The van der Waals surface area contributed by atoms with Crippen molar-refractivity contribution in [2.24, 2.45) is 0 Å². The quantitative estimate of drug-likeness (QED) is 0.834. The molecule has 1 aliphatic rings. The first kappa shape index (κ1) is 15.1. The van der Waals surface area contributed by atoms with Crippen LogP contribution in [0.25, 0.3) is 0 Å². The van der Waals surface area contributed by atoms with Gasteiger partial charge in [0.15, 0.2) is 11.6 Å². The number of rotatable bonds is 5. The normalized spacial score (nSPS) is 17.4. The first-order valence-corrected chi connectivity index (χ1v) is 7.08. The molecule has 0 aliphatic carbocycles. The summed E-state index contributed by atoms with van der Waals surface area (Å²) in [5.74, 6) is -1.57. The summed E-state index contributed by atoms with van der Waals surface area (Å²) in [6, 6.07) is 4.52. The summed E-state index contributed by atoms with van der Waals surface area (Å²) in [5.41, 5.74) is 1.98. The Kier molecular flexibility index (Phi) is 5.26. The van der Waals surface area contributed by atoms with Crippen LogP contribution in [0.4, 0.5) is 8.78 Å². The Bertz CT molecular complexity index is 466. The Hall–Kier alpha value is -1.26. The molecule has 110 valence electrons. The van der Waals surface area contributed by atoms with E-state index in [0.29, 0.717) is 12.6 Å². The largest absolute Gasteiger partial charge is 0.310 e. The fourth-order valence-electron chi connectivity index (χ4n) is 2.59. The average Bonchev–Trinajstić information content (AvgIpc) is 2.41. The van der Waals surface area contributed by atoms with E-state index in [-0.39, 0.29) is 0 Å². The van der Waals surface area contributed by atoms with Gasteiger partial charge in [0.05, 0.1) is 0 Å². The lowest BCUT2D eigenvalue weighted by Gasteiger charge is -2.32. The Morgan fingerprint density at radius 1 is 1.30 bits per heavy atom. The van der Waals surface area contributed by atoms with E-state index >= 15 is 0 Å². The van der Waals surface area contributed by atoms with Gasteiger partial charge in [-0.25, -0.2) is 8.78 Å². The lowest BCUT2D eigenvalue weighted by Crippen LogP contribution is -2.42. The molecule has 0 atom stereocenters. The second kappa shape index (κ2) is 6.95. The van der Waals surface area contributed by atoms with Gasteiger partial charge in [-0.05, 0) is 50.6 Å². The van der Waals surface area contributed by atoms with E-state index < -0.39 is 11.6 Å². The fraction of sp³-hybridized carbons (Fsp3) is 0.500. The zero-order valence-corrected chi connectivity index (χ0v) is 12.0. The Labute approximate surface area is 119 Å². The van der Waals surface area contributed by atoms with Gasteiger partial charge in [0, 0.05) is 19.1 Å². The molecule has 1 heterocycles. The van der Waals surface area contributed by atoms with Gasteiger partial charge in [-0.2, -0.15) is 0 Å². The fourth-order valence-corrected chi connectivity index (χ4v) is 2.59. The average molecular weight is 280 g/mol. The van der Waals surface area contributed by atoms with Gasteiger partial charge in [0.1, 0.15) is 0 Å². The number of nitrogens with zero attached hydrogens (tertiary/aromatic N) is 1. The Morgan fingerprint density at radius 2 is 2.00 bits per heavy atom. The third-order valence-electron chi connectivity index (χ3n) is 3.66. The highest BCUT2D eigenvalue weighted by Gasteiger charge is 2.18. The van der Waals surface area contributed by atoms with Crippen molar-refractivity contribution in [2.45, 2.75) is 32.4 Å². The molecule has 0 saturated carbocycles. The summed E-state index contributed by atoms with van der Waals surface area (Å²) in [7, 11) is 0. The van der Waals surface area contributed by atoms with E-state index in [9.17, 15) is 8.78 Å². The summed E-state index contributed by atoms with van der Waals surface area (Å²) in [6.45, 7) is 9.65. The van der Waals surface area contributed by atoms with Crippen LogP contribution in [-0.4, -0.2) is 30.6 Å². The third kappa shape index (κ3) is 4.39. The standard InChI is InChI=1S/C16H22F2N2/c1-12(2)11-20-7-5-14(6-8-20)19-10-13-3-4-15(17)16(18)9-13/h3-4,9,14,19H,1,5-8,10-11H2,2H3. The van der Waals surface area contributed by atoms with Gasteiger partial charge < -0.3 is 5.32 Å². The molecule has 2 nitrogen and oxygen atoms in total. The van der Waals surface area contributed by atoms with E-state index in [2.05, 4.69) is 16.8 Å². The molecule has 20 heavy (non-hydrogen) atoms. The lowest BCUT2D eigenvalue weighted by atomic mass is 10.0. The summed E-state index contributed by atoms with van der Waals surface area (Å²) < 4.78 is 25.9. The molecule has 1 aromatic rings. The maximum Gasteiger partial charge on any atom is 0.159 e. The van der Waals surface area contributed by atoms with Crippen molar-refractivity contribution in [1.82, 2.24) is 10.2 Å². The lowest BCUT2D eigenvalue weighted by molar-refractivity contribution is 0.211. The molecule has 2 rings (SSSR count). The van der Waals surface area contributed by atoms with E-state index in [0.717, 1.165) is 38.0 Å². The van der Waals surface area contributed by atoms with Crippen LogP contribution in [0, 0.1) is 11.6 Å². The summed E-state index contributed by atoms with van der Waals surface area (Å²) in [5, 5.41) is 3.42. The SMILES string of the molecule is C=C(C)CN1CCC(NCc2ccc(F)c(F)c2)CC1. The minimum absolute atomic E-state index is 0.449. The Morgan fingerprint density at radius 3 is 2.60 bits per heavy atom.